The Hall–Kier alpha value is -3.99. The number of carbonyl (C=O) groups is 4. The molecular formula is C25H25N3O7S. The number of ether oxygens (including phenoxy) is 1. The number of hydrogen-bond donors (Lipinski definition) is 4. The minimum absolute atomic E-state index is 0.0233. The molecule has 1 aromatic carbocycles. The monoisotopic (exact) mass is 511 g/mol. The van der Waals surface area contributed by atoms with Crippen LogP contribution in [-0.4, -0.2) is 45.0 Å². The van der Waals surface area contributed by atoms with E-state index in [0.717, 1.165) is 11.8 Å². The van der Waals surface area contributed by atoms with Gasteiger partial charge in [0.25, 0.3) is 0 Å². The van der Waals surface area contributed by atoms with Crippen molar-refractivity contribution in [2.45, 2.75) is 46.5 Å². The average molecular weight is 512 g/mol. The van der Waals surface area contributed by atoms with Crippen molar-refractivity contribution in [3.63, 3.8) is 0 Å². The smallest absolute Gasteiger partial charge is 0.227 e. The van der Waals surface area contributed by atoms with Gasteiger partial charge in [0.1, 0.15) is 34.0 Å². The topological polar surface area (TPSA) is 155 Å². The van der Waals surface area contributed by atoms with E-state index in [1.807, 2.05) is 12.3 Å². The fourth-order valence-electron chi connectivity index (χ4n) is 4.41. The van der Waals surface area contributed by atoms with Crippen molar-refractivity contribution >= 4 is 39.7 Å². The number of amides is 1. The van der Waals surface area contributed by atoms with Gasteiger partial charge in [-0.3, -0.25) is 19.2 Å². The van der Waals surface area contributed by atoms with Crippen LogP contribution in [0.2, 0.25) is 0 Å². The van der Waals surface area contributed by atoms with E-state index in [2.05, 4.69) is 15.6 Å². The highest BCUT2D eigenvalue weighted by Crippen LogP contribution is 2.57. The van der Waals surface area contributed by atoms with E-state index >= 15 is 0 Å². The summed E-state index contributed by atoms with van der Waals surface area (Å²) in [4.78, 5) is 55.3. The highest BCUT2D eigenvalue weighted by molar-refractivity contribution is 7.13. The molecule has 0 unspecified atom stereocenters. The maximum Gasteiger partial charge on any atom is 0.227 e. The van der Waals surface area contributed by atoms with Crippen molar-refractivity contribution in [1.82, 2.24) is 10.3 Å². The molecule has 2 aromatic rings. The van der Waals surface area contributed by atoms with Gasteiger partial charge in [0.2, 0.25) is 5.91 Å². The molecule has 0 bridgehead atoms. The van der Waals surface area contributed by atoms with Gasteiger partial charge in [0.05, 0.1) is 16.8 Å². The van der Waals surface area contributed by atoms with E-state index in [4.69, 9.17) is 4.74 Å². The van der Waals surface area contributed by atoms with Crippen LogP contribution in [0.3, 0.4) is 0 Å². The van der Waals surface area contributed by atoms with E-state index in [0.29, 0.717) is 5.13 Å². The predicted molar refractivity (Wildman–Crippen MR) is 131 cm³/mol. The molecule has 1 aromatic heterocycles. The molecule has 10 nitrogen and oxygen atoms in total. The van der Waals surface area contributed by atoms with E-state index in [9.17, 15) is 29.4 Å². The van der Waals surface area contributed by atoms with Crippen LogP contribution in [0, 0.1) is 13.8 Å². The van der Waals surface area contributed by atoms with Gasteiger partial charge < -0.3 is 25.6 Å². The molecule has 11 heteroatoms. The van der Waals surface area contributed by atoms with Crippen LogP contribution < -0.4 is 15.4 Å². The summed E-state index contributed by atoms with van der Waals surface area (Å²) in [6.07, 6.45) is 1.21. The van der Waals surface area contributed by atoms with Crippen LogP contribution in [0.15, 0.2) is 28.5 Å². The second-order valence-electron chi connectivity index (χ2n) is 8.91. The first-order valence-electron chi connectivity index (χ1n) is 11.1. The SMILES string of the molecule is CC(=O)c1c(O)c(C)c(O)c2c1OC1=CC(=O)/C(=C(/C)NCCC(=O)Nc3nc(C)cs3)C(=O)[C@]12C. The Morgan fingerprint density at radius 2 is 1.86 bits per heavy atom. The number of rotatable bonds is 6. The number of phenolic OH excluding ortho intramolecular Hbond substituents is 2. The summed E-state index contributed by atoms with van der Waals surface area (Å²) in [5.41, 5.74) is -0.800. The molecule has 36 heavy (non-hydrogen) atoms. The van der Waals surface area contributed by atoms with Gasteiger partial charge in [0.15, 0.2) is 22.5 Å². The third-order valence-corrected chi connectivity index (χ3v) is 7.24. The molecule has 4 rings (SSSR count). The Labute approximate surface area is 210 Å². The minimum atomic E-state index is -1.59. The maximum atomic E-state index is 13.7. The number of anilines is 1. The number of fused-ring (bicyclic) bond motifs is 3. The number of Topliss-reactive ketones (excluding diaryl/α,β-unsaturated/α-hetero) is 2. The van der Waals surface area contributed by atoms with Gasteiger partial charge in [-0.25, -0.2) is 4.98 Å². The number of nitrogens with zero attached hydrogens (tertiary/aromatic N) is 1. The number of phenols is 2. The van der Waals surface area contributed by atoms with Crippen LogP contribution >= 0.6 is 11.3 Å². The van der Waals surface area contributed by atoms with Crippen molar-refractivity contribution in [2.24, 2.45) is 0 Å². The van der Waals surface area contributed by atoms with E-state index in [-0.39, 0.29) is 64.1 Å². The quantitative estimate of drug-likeness (QED) is 0.260. The van der Waals surface area contributed by atoms with Crippen LogP contribution in [0.25, 0.3) is 0 Å². The number of aromatic nitrogens is 1. The Kier molecular flexibility index (Phi) is 6.21. The van der Waals surface area contributed by atoms with E-state index in [1.54, 1.807) is 6.92 Å². The Balaban J connectivity index is 1.63. The molecule has 0 fully saturated rings. The lowest BCUT2D eigenvalue weighted by Gasteiger charge is -2.29. The summed E-state index contributed by atoms with van der Waals surface area (Å²) < 4.78 is 5.74. The largest absolute Gasteiger partial charge is 0.507 e. The fourth-order valence-corrected chi connectivity index (χ4v) is 5.11. The Morgan fingerprint density at radius 3 is 2.47 bits per heavy atom. The van der Waals surface area contributed by atoms with Gasteiger partial charge in [-0.2, -0.15) is 0 Å². The van der Waals surface area contributed by atoms with Crippen molar-refractivity contribution in [1.29, 1.82) is 0 Å². The molecule has 0 saturated carbocycles. The zero-order chi connectivity index (χ0) is 26.5. The number of carbonyl (C=O) groups excluding carboxylic acids is 4. The van der Waals surface area contributed by atoms with Crippen LogP contribution in [0.4, 0.5) is 5.13 Å². The summed E-state index contributed by atoms with van der Waals surface area (Å²) >= 11 is 1.31. The molecule has 2 aliphatic rings. The van der Waals surface area contributed by atoms with Gasteiger partial charge in [-0.05, 0) is 34.6 Å². The zero-order valence-electron chi connectivity index (χ0n) is 20.4. The number of thiazole rings is 1. The van der Waals surface area contributed by atoms with Gasteiger partial charge in [0, 0.05) is 35.7 Å². The normalized spacial score (nSPS) is 19.8. The number of benzene rings is 1. The molecule has 1 aliphatic heterocycles. The lowest BCUT2D eigenvalue weighted by molar-refractivity contribution is -0.123. The molecule has 0 radical (unpaired) electrons. The molecule has 0 saturated heterocycles. The summed E-state index contributed by atoms with van der Waals surface area (Å²) in [7, 11) is 0. The Morgan fingerprint density at radius 1 is 1.17 bits per heavy atom. The molecule has 2 heterocycles. The first-order chi connectivity index (χ1) is 16.9. The average Bonchev–Trinajstić information content (AvgIpc) is 3.32. The second-order valence-corrected chi connectivity index (χ2v) is 9.76. The van der Waals surface area contributed by atoms with Crippen molar-refractivity contribution in [3.8, 4) is 17.2 Å². The number of ketones is 3. The molecule has 0 spiro atoms. The second kappa shape index (κ2) is 8.90. The number of hydrogen-bond acceptors (Lipinski definition) is 10. The maximum absolute atomic E-state index is 13.7. The van der Waals surface area contributed by atoms with Gasteiger partial charge in [-0.15, -0.1) is 11.3 Å². The summed E-state index contributed by atoms with van der Waals surface area (Å²) in [5.74, 6) is -3.05. The molecule has 188 valence electrons. The van der Waals surface area contributed by atoms with Gasteiger partial charge in [-0.1, -0.05) is 0 Å². The molecule has 1 amide bonds. The number of aryl methyl sites for hydroxylation is 1. The van der Waals surface area contributed by atoms with E-state index < -0.39 is 28.5 Å². The number of allylic oxidation sites excluding steroid dienone is 4. The number of nitrogens with one attached hydrogen (secondary N) is 2. The first-order valence-corrected chi connectivity index (χ1v) is 12.0. The fraction of sp³-hybridized carbons (Fsp3) is 0.320. The minimum Gasteiger partial charge on any atom is -0.507 e. The van der Waals surface area contributed by atoms with Crippen LogP contribution in [0.1, 0.15) is 54.4 Å². The van der Waals surface area contributed by atoms with E-state index in [1.165, 1.54) is 32.1 Å². The Bertz CT molecular complexity index is 1420. The molecule has 1 atom stereocenters. The third kappa shape index (κ3) is 3.85. The molecule has 1 aliphatic carbocycles. The highest BCUT2D eigenvalue weighted by Gasteiger charge is 2.56. The summed E-state index contributed by atoms with van der Waals surface area (Å²) in [6, 6.07) is 0. The van der Waals surface area contributed by atoms with Crippen LogP contribution in [0.5, 0.6) is 17.2 Å². The lowest BCUT2D eigenvalue weighted by atomic mass is 9.70. The van der Waals surface area contributed by atoms with Gasteiger partial charge >= 0.3 is 0 Å². The number of aromatic hydroxyl groups is 2. The van der Waals surface area contributed by atoms with Crippen molar-refractivity contribution < 1.29 is 34.1 Å². The standard InChI is InChI=1S/C25H25N3O7S/c1-10-9-36-24(27-10)28-16(31)6-7-26-12(3)17-14(30)8-15-25(5,23(17)34)19-21(33)11(2)20(32)18(13(4)29)22(19)35-15/h8-9,26,32-33H,6-7H2,1-5H3,(H,27,28,31)/b17-12+/t25-/m1/s1. The summed E-state index contributed by atoms with van der Waals surface area (Å²) in [5, 5.41) is 29.2. The predicted octanol–water partition coefficient (Wildman–Crippen LogP) is 2.95. The third-order valence-electron chi connectivity index (χ3n) is 6.37. The van der Waals surface area contributed by atoms with Crippen LogP contribution in [-0.2, 0) is 19.8 Å². The summed E-state index contributed by atoms with van der Waals surface area (Å²) in [6.45, 7) is 7.67. The van der Waals surface area contributed by atoms with Crippen molar-refractivity contribution in [2.75, 3.05) is 11.9 Å². The van der Waals surface area contributed by atoms with Crippen molar-refractivity contribution in [3.05, 3.63) is 50.9 Å². The first kappa shape index (κ1) is 25.1. The highest BCUT2D eigenvalue weighted by atomic mass is 32.1. The lowest BCUT2D eigenvalue weighted by Crippen LogP contribution is -2.41. The zero-order valence-corrected chi connectivity index (χ0v) is 21.2. The molecule has 4 N–H and O–H groups in total. The molecular weight excluding hydrogens is 486 g/mol.